The van der Waals surface area contributed by atoms with Crippen LogP contribution < -0.4 is 0 Å². The molecule has 2 aromatic rings. The standard InChI is InChI=1S/C25H26N2O4/c1-2-31-22(29)6-3-15-13-26-24(27-14-15)17-4-5-21(28)20(9-17)25-10-16-7-18(11-25)23(30)19(8-16)12-25/h3-6,9,13-14,16,18-19,28H,2,7-8,10-12H2,1H3/b6-3+. The maximum Gasteiger partial charge on any atom is 0.330 e. The number of aromatic hydroxyl groups is 1. The van der Waals surface area contributed by atoms with Gasteiger partial charge in [-0.3, -0.25) is 4.79 Å². The Hall–Kier alpha value is -3.02. The third-order valence-corrected chi connectivity index (χ3v) is 7.19. The van der Waals surface area contributed by atoms with E-state index in [1.165, 1.54) is 6.08 Å². The van der Waals surface area contributed by atoms with Crippen molar-refractivity contribution >= 4 is 17.8 Å². The van der Waals surface area contributed by atoms with Crippen LogP contribution in [0.3, 0.4) is 0 Å². The van der Waals surface area contributed by atoms with E-state index in [-0.39, 0.29) is 17.3 Å². The first kappa shape index (κ1) is 19.9. The minimum absolute atomic E-state index is 0.118. The molecule has 2 atom stereocenters. The van der Waals surface area contributed by atoms with Crippen LogP contribution in [-0.4, -0.2) is 33.4 Å². The van der Waals surface area contributed by atoms with Crippen LogP contribution in [0.4, 0.5) is 0 Å². The second-order valence-electron chi connectivity index (χ2n) is 9.18. The smallest absolute Gasteiger partial charge is 0.330 e. The summed E-state index contributed by atoms with van der Waals surface area (Å²) in [5.74, 6) is 1.79. The Morgan fingerprint density at radius 2 is 1.90 bits per heavy atom. The van der Waals surface area contributed by atoms with Crippen molar-refractivity contribution in [3.8, 4) is 17.1 Å². The fourth-order valence-electron chi connectivity index (χ4n) is 6.10. The van der Waals surface area contributed by atoms with E-state index in [4.69, 9.17) is 4.74 Å². The molecule has 0 spiro atoms. The molecule has 4 fully saturated rings. The number of phenols is 1. The number of nitrogens with zero attached hydrogens (tertiary/aromatic N) is 2. The molecule has 31 heavy (non-hydrogen) atoms. The first-order valence-electron chi connectivity index (χ1n) is 11.0. The Morgan fingerprint density at radius 3 is 2.58 bits per heavy atom. The topological polar surface area (TPSA) is 89.4 Å². The zero-order chi connectivity index (χ0) is 21.6. The molecule has 6 heteroatoms. The second kappa shape index (κ2) is 7.59. The molecule has 4 saturated carbocycles. The lowest BCUT2D eigenvalue weighted by Gasteiger charge is -2.56. The summed E-state index contributed by atoms with van der Waals surface area (Å²) in [5.41, 5.74) is 2.37. The number of hydrogen-bond acceptors (Lipinski definition) is 6. The van der Waals surface area contributed by atoms with E-state index in [1.54, 1.807) is 31.5 Å². The summed E-state index contributed by atoms with van der Waals surface area (Å²) in [7, 11) is 0. The highest BCUT2D eigenvalue weighted by atomic mass is 16.5. The molecule has 0 aliphatic heterocycles. The Labute approximate surface area is 181 Å². The highest BCUT2D eigenvalue weighted by molar-refractivity contribution is 5.87. The fourth-order valence-corrected chi connectivity index (χ4v) is 6.10. The molecule has 1 heterocycles. The zero-order valence-electron chi connectivity index (χ0n) is 17.6. The number of rotatable bonds is 5. The van der Waals surface area contributed by atoms with Gasteiger partial charge in [-0.05, 0) is 69.2 Å². The molecule has 160 valence electrons. The lowest BCUT2D eigenvalue weighted by atomic mass is 9.47. The van der Waals surface area contributed by atoms with Gasteiger partial charge in [-0.2, -0.15) is 0 Å². The largest absolute Gasteiger partial charge is 0.508 e. The summed E-state index contributed by atoms with van der Waals surface area (Å²) in [6, 6.07) is 5.56. The second-order valence-corrected chi connectivity index (χ2v) is 9.18. The summed E-state index contributed by atoms with van der Waals surface area (Å²) >= 11 is 0. The van der Waals surface area contributed by atoms with E-state index in [1.807, 2.05) is 12.1 Å². The van der Waals surface area contributed by atoms with Crippen molar-refractivity contribution < 1.29 is 19.4 Å². The van der Waals surface area contributed by atoms with Gasteiger partial charge in [0.1, 0.15) is 11.5 Å². The minimum Gasteiger partial charge on any atom is -0.508 e. The first-order chi connectivity index (χ1) is 15.0. The summed E-state index contributed by atoms with van der Waals surface area (Å²) in [4.78, 5) is 32.9. The Morgan fingerprint density at radius 1 is 1.19 bits per heavy atom. The van der Waals surface area contributed by atoms with Gasteiger partial charge in [0.05, 0.1) is 6.61 Å². The van der Waals surface area contributed by atoms with Crippen LogP contribution in [0.5, 0.6) is 5.75 Å². The highest BCUT2D eigenvalue weighted by Gasteiger charge is 2.56. The Balaban J connectivity index is 1.42. The summed E-state index contributed by atoms with van der Waals surface area (Å²) in [5, 5.41) is 10.7. The molecule has 0 radical (unpaired) electrons. The van der Waals surface area contributed by atoms with Gasteiger partial charge in [-0.1, -0.05) is 0 Å². The van der Waals surface area contributed by atoms with Crippen LogP contribution in [-0.2, 0) is 19.7 Å². The fraction of sp³-hybridized carbons (Fsp3) is 0.440. The average molecular weight is 418 g/mol. The summed E-state index contributed by atoms with van der Waals surface area (Å²) in [6.45, 7) is 2.09. The molecular weight excluding hydrogens is 392 g/mol. The third kappa shape index (κ3) is 3.54. The third-order valence-electron chi connectivity index (χ3n) is 7.19. The Kier molecular flexibility index (Phi) is 4.88. The predicted octanol–water partition coefficient (Wildman–Crippen LogP) is 4.07. The molecule has 4 aliphatic rings. The molecule has 4 aliphatic carbocycles. The van der Waals surface area contributed by atoms with Crippen molar-refractivity contribution in [2.75, 3.05) is 6.61 Å². The number of esters is 1. The first-order valence-corrected chi connectivity index (χ1v) is 11.0. The number of ketones is 1. The molecule has 1 aromatic carbocycles. The number of hydrogen-bond donors (Lipinski definition) is 1. The number of Topliss-reactive ketones (excluding diaryl/α,β-unsaturated/α-hetero) is 1. The number of phenolic OH excluding ortho intramolecular Hbond substituents is 1. The van der Waals surface area contributed by atoms with Crippen LogP contribution in [0.15, 0.2) is 36.7 Å². The maximum atomic E-state index is 12.6. The van der Waals surface area contributed by atoms with Gasteiger partial charge in [-0.15, -0.1) is 0 Å². The van der Waals surface area contributed by atoms with Crippen LogP contribution in [0.25, 0.3) is 17.5 Å². The minimum atomic E-state index is -0.399. The van der Waals surface area contributed by atoms with Crippen molar-refractivity contribution in [1.82, 2.24) is 9.97 Å². The normalized spacial score (nSPS) is 28.9. The molecule has 0 saturated heterocycles. The van der Waals surface area contributed by atoms with Crippen molar-refractivity contribution in [1.29, 1.82) is 0 Å². The van der Waals surface area contributed by atoms with Crippen molar-refractivity contribution in [3.05, 3.63) is 47.8 Å². The Bertz CT molecular complexity index is 1040. The van der Waals surface area contributed by atoms with E-state index in [0.717, 1.165) is 43.2 Å². The van der Waals surface area contributed by atoms with Crippen LogP contribution in [0.2, 0.25) is 0 Å². The summed E-state index contributed by atoms with van der Waals surface area (Å²) < 4.78 is 4.88. The van der Waals surface area contributed by atoms with Gasteiger partial charge in [0.25, 0.3) is 0 Å². The maximum absolute atomic E-state index is 12.6. The van der Waals surface area contributed by atoms with Crippen LogP contribution in [0, 0.1) is 17.8 Å². The van der Waals surface area contributed by atoms with Gasteiger partial charge >= 0.3 is 5.97 Å². The highest BCUT2D eigenvalue weighted by Crippen LogP contribution is 2.60. The number of ether oxygens (including phenoxy) is 1. The van der Waals surface area contributed by atoms with Crippen LogP contribution in [0.1, 0.15) is 50.2 Å². The molecule has 0 amide bonds. The molecule has 6 rings (SSSR count). The SMILES string of the molecule is CCOC(=O)/C=C/c1cnc(-c2ccc(O)c(C34CC5CC(C3)C(=O)C(C5)C4)c2)nc1. The van der Waals surface area contributed by atoms with E-state index in [2.05, 4.69) is 9.97 Å². The number of aromatic nitrogens is 2. The monoisotopic (exact) mass is 418 g/mol. The van der Waals surface area contributed by atoms with Crippen LogP contribution >= 0.6 is 0 Å². The van der Waals surface area contributed by atoms with Gasteiger partial charge in [0.15, 0.2) is 5.82 Å². The quantitative estimate of drug-likeness (QED) is 0.582. The number of carbonyl (C=O) groups excluding carboxylic acids is 2. The van der Waals surface area contributed by atoms with E-state index in [9.17, 15) is 14.7 Å². The van der Waals surface area contributed by atoms with Crippen molar-refractivity contribution in [2.24, 2.45) is 17.8 Å². The van der Waals surface area contributed by atoms with Gasteiger partial charge in [0, 0.05) is 52.4 Å². The molecule has 1 N–H and O–H groups in total. The van der Waals surface area contributed by atoms with Crippen molar-refractivity contribution in [3.63, 3.8) is 0 Å². The number of benzene rings is 1. The lowest BCUT2D eigenvalue weighted by molar-refractivity contribution is -0.142. The van der Waals surface area contributed by atoms with E-state index >= 15 is 0 Å². The van der Waals surface area contributed by atoms with E-state index < -0.39 is 5.97 Å². The molecule has 2 unspecified atom stereocenters. The summed E-state index contributed by atoms with van der Waals surface area (Å²) in [6.07, 6.45) is 11.1. The number of carbonyl (C=O) groups is 2. The lowest BCUT2D eigenvalue weighted by Crippen LogP contribution is -2.53. The average Bonchev–Trinajstić information content (AvgIpc) is 2.76. The molecule has 1 aromatic heterocycles. The van der Waals surface area contributed by atoms with Gasteiger partial charge in [-0.25, -0.2) is 14.8 Å². The molecule has 4 bridgehead atoms. The van der Waals surface area contributed by atoms with E-state index in [0.29, 0.717) is 35.4 Å². The zero-order valence-corrected chi connectivity index (χ0v) is 17.6. The predicted molar refractivity (Wildman–Crippen MR) is 115 cm³/mol. The van der Waals surface area contributed by atoms with Gasteiger partial charge < -0.3 is 9.84 Å². The molecular formula is C25H26N2O4. The van der Waals surface area contributed by atoms with Gasteiger partial charge in [0.2, 0.25) is 0 Å². The molecule has 6 nitrogen and oxygen atoms in total. The van der Waals surface area contributed by atoms with Crippen molar-refractivity contribution in [2.45, 2.75) is 44.4 Å².